The number of hydrogen-bond donors (Lipinski definition) is 1. The molecule has 1 saturated heterocycles. The molecule has 2 fully saturated rings. The maximum absolute atomic E-state index is 13.2. The first-order chi connectivity index (χ1) is 10.9. The second kappa shape index (κ2) is 6.37. The van der Waals surface area contributed by atoms with Gasteiger partial charge in [-0.3, -0.25) is 4.79 Å². The van der Waals surface area contributed by atoms with E-state index in [2.05, 4.69) is 14.1 Å². The number of quaternary nitrogens is 1. The minimum atomic E-state index is -1.28. The van der Waals surface area contributed by atoms with Crippen LogP contribution in [0.15, 0.2) is 30.3 Å². The van der Waals surface area contributed by atoms with Crippen LogP contribution in [0.4, 0.5) is 0 Å². The summed E-state index contributed by atoms with van der Waals surface area (Å²) < 4.78 is 0.991. The van der Waals surface area contributed by atoms with E-state index in [0.29, 0.717) is 12.3 Å². The lowest BCUT2D eigenvalue weighted by Crippen LogP contribution is -2.43. The number of carbonyl (C=O) groups is 1. The average molecular weight is 316 g/mol. The van der Waals surface area contributed by atoms with E-state index in [1.165, 1.54) is 0 Å². The lowest BCUT2D eigenvalue weighted by molar-refractivity contribution is -0.879. The molecule has 1 aliphatic carbocycles. The molecular weight excluding hydrogens is 286 g/mol. The first kappa shape index (κ1) is 16.7. The average Bonchev–Trinajstić information content (AvgIpc) is 3.17. The highest BCUT2D eigenvalue weighted by atomic mass is 16.3. The molecule has 1 aliphatic heterocycles. The highest BCUT2D eigenvalue weighted by molar-refractivity contribution is 5.89. The highest BCUT2D eigenvalue weighted by Crippen LogP contribution is 2.42. The SMILES string of the molecule is C[N+]1(C)CC[C@H](CC(=O)[C@@](O)(c2ccccc2)C2CCCC2)C1. The molecule has 0 unspecified atom stereocenters. The Kier molecular flexibility index (Phi) is 4.61. The first-order valence-corrected chi connectivity index (χ1v) is 9.05. The van der Waals surface area contributed by atoms with Crippen LogP contribution in [0.2, 0.25) is 0 Å². The van der Waals surface area contributed by atoms with E-state index in [1.807, 2.05) is 30.3 Å². The Bertz CT molecular complexity index is 548. The van der Waals surface area contributed by atoms with Crippen molar-refractivity contribution in [3.63, 3.8) is 0 Å². The summed E-state index contributed by atoms with van der Waals surface area (Å²) in [4.78, 5) is 13.2. The third kappa shape index (κ3) is 3.36. The van der Waals surface area contributed by atoms with Gasteiger partial charge >= 0.3 is 0 Å². The van der Waals surface area contributed by atoms with Crippen molar-refractivity contribution in [2.24, 2.45) is 11.8 Å². The van der Waals surface area contributed by atoms with Gasteiger partial charge in [0, 0.05) is 18.8 Å². The predicted molar refractivity (Wildman–Crippen MR) is 91.9 cm³/mol. The zero-order chi connectivity index (χ0) is 16.5. The van der Waals surface area contributed by atoms with Gasteiger partial charge in [-0.25, -0.2) is 0 Å². The van der Waals surface area contributed by atoms with Crippen LogP contribution in [0.25, 0.3) is 0 Å². The molecule has 0 aromatic heterocycles. The molecule has 2 atom stereocenters. The van der Waals surface area contributed by atoms with Gasteiger partial charge in [0.25, 0.3) is 0 Å². The molecule has 23 heavy (non-hydrogen) atoms. The first-order valence-electron chi connectivity index (χ1n) is 9.05. The molecule has 0 radical (unpaired) electrons. The molecule has 1 heterocycles. The Morgan fingerprint density at radius 2 is 1.83 bits per heavy atom. The van der Waals surface area contributed by atoms with Gasteiger partial charge in [-0.2, -0.15) is 0 Å². The van der Waals surface area contributed by atoms with Crippen molar-refractivity contribution < 1.29 is 14.4 Å². The molecule has 1 aromatic rings. The quantitative estimate of drug-likeness (QED) is 0.848. The van der Waals surface area contributed by atoms with Crippen LogP contribution >= 0.6 is 0 Å². The summed E-state index contributed by atoms with van der Waals surface area (Å²) in [5.74, 6) is 0.540. The van der Waals surface area contributed by atoms with Gasteiger partial charge < -0.3 is 9.59 Å². The van der Waals surface area contributed by atoms with Gasteiger partial charge in [0.2, 0.25) is 0 Å². The molecule has 1 saturated carbocycles. The molecule has 0 spiro atoms. The van der Waals surface area contributed by atoms with E-state index in [0.717, 1.165) is 55.2 Å². The van der Waals surface area contributed by atoms with Crippen LogP contribution in [-0.2, 0) is 10.4 Å². The predicted octanol–water partition coefficient (Wildman–Crippen LogP) is 3.12. The molecule has 1 N–H and O–H groups in total. The third-order valence-electron chi connectivity index (χ3n) is 5.95. The standard InChI is InChI=1S/C20H30NO2/c1-21(2)13-12-16(15-21)14-19(22)20(23,18-10-6-7-11-18)17-8-4-3-5-9-17/h3-5,8-9,16,18,23H,6-7,10-15H2,1-2H3/q+1/t16-,20-/m1/s1. The number of benzene rings is 1. The van der Waals surface area contributed by atoms with Gasteiger partial charge in [0.15, 0.2) is 11.4 Å². The van der Waals surface area contributed by atoms with Crippen molar-refractivity contribution >= 4 is 5.78 Å². The monoisotopic (exact) mass is 316 g/mol. The van der Waals surface area contributed by atoms with Crippen molar-refractivity contribution in [1.29, 1.82) is 0 Å². The third-order valence-corrected chi connectivity index (χ3v) is 5.95. The summed E-state index contributed by atoms with van der Waals surface area (Å²) in [5.41, 5.74) is -0.485. The van der Waals surface area contributed by atoms with E-state index in [1.54, 1.807) is 0 Å². The lowest BCUT2D eigenvalue weighted by atomic mass is 9.75. The second-order valence-corrected chi connectivity index (χ2v) is 8.24. The van der Waals surface area contributed by atoms with Crippen molar-refractivity contribution in [1.82, 2.24) is 0 Å². The maximum atomic E-state index is 13.2. The van der Waals surface area contributed by atoms with Crippen LogP contribution in [0.5, 0.6) is 0 Å². The number of carbonyl (C=O) groups excluding carboxylic acids is 1. The molecule has 3 heteroatoms. The van der Waals surface area contributed by atoms with Crippen molar-refractivity contribution in [2.45, 2.75) is 44.1 Å². The Balaban J connectivity index is 1.82. The molecule has 0 amide bonds. The van der Waals surface area contributed by atoms with Crippen LogP contribution in [0.3, 0.4) is 0 Å². The van der Waals surface area contributed by atoms with E-state index in [9.17, 15) is 9.90 Å². The van der Waals surface area contributed by atoms with Crippen LogP contribution in [-0.4, -0.2) is 42.6 Å². The molecule has 0 bridgehead atoms. The number of ketones is 1. The summed E-state index contributed by atoms with van der Waals surface area (Å²) in [6.45, 7) is 2.17. The van der Waals surface area contributed by atoms with Crippen molar-refractivity contribution in [2.75, 3.05) is 27.2 Å². The fourth-order valence-electron chi connectivity index (χ4n) is 4.66. The smallest absolute Gasteiger partial charge is 0.169 e. The number of hydrogen-bond acceptors (Lipinski definition) is 2. The summed E-state index contributed by atoms with van der Waals surface area (Å²) in [6.07, 6.45) is 5.78. The lowest BCUT2D eigenvalue weighted by Gasteiger charge is -2.34. The van der Waals surface area contributed by atoms with E-state index < -0.39 is 5.60 Å². The minimum Gasteiger partial charge on any atom is -0.377 e. The molecular formula is C20H30NO2+. The summed E-state index contributed by atoms with van der Waals surface area (Å²) in [7, 11) is 4.45. The van der Waals surface area contributed by atoms with Crippen molar-refractivity contribution in [3.05, 3.63) is 35.9 Å². The van der Waals surface area contributed by atoms with Gasteiger partial charge in [0.1, 0.15) is 0 Å². The number of Topliss-reactive ketones (excluding diaryl/α,β-unsaturated/α-hetero) is 1. The van der Waals surface area contributed by atoms with E-state index in [-0.39, 0.29) is 11.7 Å². The van der Waals surface area contributed by atoms with Crippen LogP contribution in [0, 0.1) is 11.8 Å². The van der Waals surface area contributed by atoms with E-state index in [4.69, 9.17) is 0 Å². The number of likely N-dealkylation sites (tertiary alicyclic amines) is 1. The van der Waals surface area contributed by atoms with Crippen molar-refractivity contribution in [3.8, 4) is 0 Å². The second-order valence-electron chi connectivity index (χ2n) is 8.24. The zero-order valence-electron chi connectivity index (χ0n) is 14.5. The van der Waals surface area contributed by atoms with Gasteiger partial charge in [-0.05, 0) is 24.3 Å². The number of rotatable bonds is 5. The Morgan fingerprint density at radius 3 is 2.39 bits per heavy atom. The number of aliphatic hydroxyl groups is 1. The Hall–Kier alpha value is -1.19. The van der Waals surface area contributed by atoms with E-state index >= 15 is 0 Å². The minimum absolute atomic E-state index is 0.0440. The molecule has 1 aromatic carbocycles. The fourth-order valence-corrected chi connectivity index (χ4v) is 4.66. The Labute approximate surface area is 139 Å². The van der Waals surface area contributed by atoms with Crippen LogP contribution < -0.4 is 0 Å². The fraction of sp³-hybridized carbons (Fsp3) is 0.650. The zero-order valence-corrected chi connectivity index (χ0v) is 14.5. The summed E-state index contributed by atoms with van der Waals surface area (Å²) in [5, 5.41) is 11.5. The summed E-state index contributed by atoms with van der Waals surface area (Å²) in [6, 6.07) is 9.64. The van der Waals surface area contributed by atoms with Gasteiger partial charge in [-0.15, -0.1) is 0 Å². The van der Waals surface area contributed by atoms with Gasteiger partial charge in [-0.1, -0.05) is 43.2 Å². The largest absolute Gasteiger partial charge is 0.377 e. The van der Waals surface area contributed by atoms with Gasteiger partial charge in [0.05, 0.1) is 27.2 Å². The molecule has 3 rings (SSSR count). The summed E-state index contributed by atoms with van der Waals surface area (Å²) >= 11 is 0. The number of nitrogens with zero attached hydrogens (tertiary/aromatic N) is 1. The topological polar surface area (TPSA) is 37.3 Å². The molecule has 2 aliphatic rings. The van der Waals surface area contributed by atoms with Crippen LogP contribution in [0.1, 0.15) is 44.1 Å². The normalized spacial score (nSPS) is 27.0. The highest BCUT2D eigenvalue weighted by Gasteiger charge is 2.47. The molecule has 126 valence electrons. The Morgan fingerprint density at radius 1 is 1.17 bits per heavy atom. The molecule has 3 nitrogen and oxygen atoms in total. The maximum Gasteiger partial charge on any atom is 0.169 e.